The smallest absolute Gasteiger partial charge is 0.430 e. The molecule has 11 heavy (non-hydrogen) atoms. The lowest BCUT2D eigenvalue weighted by molar-refractivity contribution is 0.0539. The average molecular weight is 154 g/mol. The van der Waals surface area contributed by atoms with E-state index in [0.717, 1.165) is 25.7 Å². The topological polar surface area (TPSA) is 35.5 Å². The fourth-order valence-electron chi connectivity index (χ4n) is 1.21. The lowest BCUT2D eigenvalue weighted by atomic mass is 10.3. The zero-order valence-electron chi connectivity index (χ0n) is 6.21. The van der Waals surface area contributed by atoms with Crippen molar-refractivity contribution >= 4 is 6.16 Å². The molecule has 1 aliphatic carbocycles. The zero-order chi connectivity index (χ0) is 8.10. The maximum Gasteiger partial charge on any atom is 0.522 e. The number of terminal acetylenes is 1. The van der Waals surface area contributed by atoms with Crippen LogP contribution in [0.1, 0.15) is 25.7 Å². The lowest BCUT2D eigenvalue weighted by Gasteiger charge is -2.07. The molecule has 0 amide bonds. The number of hydrogen-bond acceptors (Lipinski definition) is 3. The number of ether oxygens (including phenoxy) is 2. The van der Waals surface area contributed by atoms with Crippen LogP contribution >= 0.6 is 0 Å². The van der Waals surface area contributed by atoms with Crippen LogP contribution in [0.3, 0.4) is 0 Å². The molecule has 0 aromatic rings. The molecular weight excluding hydrogens is 144 g/mol. The Hall–Kier alpha value is -1.17. The Bertz CT molecular complexity index is 174. The van der Waals surface area contributed by atoms with E-state index in [-0.39, 0.29) is 6.10 Å². The molecule has 1 saturated carbocycles. The van der Waals surface area contributed by atoms with E-state index in [4.69, 9.17) is 11.2 Å². The van der Waals surface area contributed by atoms with Gasteiger partial charge in [-0.3, -0.25) is 0 Å². The first-order chi connectivity index (χ1) is 5.33. The van der Waals surface area contributed by atoms with E-state index in [9.17, 15) is 4.79 Å². The quantitative estimate of drug-likeness (QED) is 0.425. The second-order valence-electron chi connectivity index (χ2n) is 2.49. The van der Waals surface area contributed by atoms with Gasteiger partial charge in [-0.05, 0) is 25.7 Å². The van der Waals surface area contributed by atoms with Gasteiger partial charge in [0.15, 0.2) is 0 Å². The molecule has 3 nitrogen and oxygen atoms in total. The first kappa shape index (κ1) is 7.93. The predicted octanol–water partition coefficient (Wildman–Crippen LogP) is 1.67. The molecule has 1 rings (SSSR count). The molecular formula is C8H10O3. The van der Waals surface area contributed by atoms with E-state index in [1.54, 1.807) is 6.11 Å². The van der Waals surface area contributed by atoms with E-state index in [1.165, 1.54) is 0 Å². The Morgan fingerprint density at radius 3 is 2.64 bits per heavy atom. The molecule has 1 fully saturated rings. The van der Waals surface area contributed by atoms with Crippen molar-refractivity contribution in [2.45, 2.75) is 31.8 Å². The molecule has 0 heterocycles. The maximum atomic E-state index is 10.6. The Morgan fingerprint density at radius 1 is 1.45 bits per heavy atom. The van der Waals surface area contributed by atoms with Crippen LogP contribution in [0.5, 0.6) is 0 Å². The highest BCUT2D eigenvalue weighted by Crippen LogP contribution is 2.21. The van der Waals surface area contributed by atoms with Crippen molar-refractivity contribution in [1.82, 2.24) is 0 Å². The van der Waals surface area contributed by atoms with Crippen LogP contribution in [0.15, 0.2) is 0 Å². The summed E-state index contributed by atoms with van der Waals surface area (Å²) in [5.74, 6) is 0. The number of carbonyl (C=O) groups is 1. The van der Waals surface area contributed by atoms with Crippen molar-refractivity contribution < 1.29 is 14.3 Å². The van der Waals surface area contributed by atoms with Gasteiger partial charge in [0.2, 0.25) is 0 Å². The summed E-state index contributed by atoms with van der Waals surface area (Å²) >= 11 is 0. The van der Waals surface area contributed by atoms with Gasteiger partial charge in [-0.1, -0.05) is 6.42 Å². The highest BCUT2D eigenvalue weighted by atomic mass is 16.7. The molecule has 0 bridgehead atoms. The average Bonchev–Trinajstić information content (AvgIpc) is 2.40. The Kier molecular flexibility index (Phi) is 2.79. The molecule has 0 aliphatic heterocycles. The van der Waals surface area contributed by atoms with Crippen LogP contribution in [0, 0.1) is 12.5 Å². The summed E-state index contributed by atoms with van der Waals surface area (Å²) in [6.07, 6.45) is 9.87. The summed E-state index contributed by atoms with van der Waals surface area (Å²) in [5.41, 5.74) is 0. The third kappa shape index (κ3) is 2.50. The summed E-state index contributed by atoms with van der Waals surface area (Å²) in [4.78, 5) is 10.6. The third-order valence-corrected chi connectivity index (χ3v) is 1.71. The van der Waals surface area contributed by atoms with Crippen molar-refractivity contribution in [3.05, 3.63) is 0 Å². The molecule has 0 spiro atoms. The van der Waals surface area contributed by atoms with Gasteiger partial charge in [-0.15, -0.1) is 0 Å². The van der Waals surface area contributed by atoms with E-state index in [1.807, 2.05) is 0 Å². The first-order valence-electron chi connectivity index (χ1n) is 3.66. The van der Waals surface area contributed by atoms with Gasteiger partial charge in [-0.25, -0.2) is 4.79 Å². The van der Waals surface area contributed by atoms with E-state index >= 15 is 0 Å². The summed E-state index contributed by atoms with van der Waals surface area (Å²) in [5, 5.41) is 0. The van der Waals surface area contributed by atoms with Gasteiger partial charge in [0, 0.05) is 0 Å². The van der Waals surface area contributed by atoms with Gasteiger partial charge in [0.05, 0.1) is 0 Å². The fraction of sp³-hybridized carbons (Fsp3) is 0.625. The van der Waals surface area contributed by atoms with Crippen molar-refractivity contribution in [1.29, 1.82) is 0 Å². The van der Waals surface area contributed by atoms with Gasteiger partial charge < -0.3 is 9.47 Å². The Labute approximate surface area is 65.7 Å². The first-order valence-corrected chi connectivity index (χ1v) is 3.66. The molecule has 0 atom stereocenters. The highest BCUT2D eigenvalue weighted by molar-refractivity contribution is 5.61. The van der Waals surface area contributed by atoms with Crippen LogP contribution in [0.25, 0.3) is 0 Å². The number of carbonyl (C=O) groups excluding carboxylic acids is 1. The molecule has 0 saturated heterocycles. The minimum atomic E-state index is -0.751. The molecule has 0 unspecified atom stereocenters. The molecule has 0 aromatic carbocycles. The Morgan fingerprint density at radius 2 is 2.09 bits per heavy atom. The van der Waals surface area contributed by atoms with Crippen LogP contribution in [-0.2, 0) is 9.47 Å². The second-order valence-corrected chi connectivity index (χ2v) is 2.49. The van der Waals surface area contributed by atoms with Gasteiger partial charge >= 0.3 is 6.16 Å². The van der Waals surface area contributed by atoms with Crippen molar-refractivity contribution in [3.8, 4) is 12.5 Å². The second kappa shape index (κ2) is 3.87. The monoisotopic (exact) mass is 154 g/mol. The van der Waals surface area contributed by atoms with E-state index < -0.39 is 6.16 Å². The number of hydrogen-bond donors (Lipinski definition) is 0. The lowest BCUT2D eigenvalue weighted by Crippen LogP contribution is -2.13. The van der Waals surface area contributed by atoms with E-state index in [2.05, 4.69) is 4.74 Å². The molecule has 0 N–H and O–H groups in total. The predicted molar refractivity (Wildman–Crippen MR) is 38.7 cm³/mol. The normalized spacial score (nSPS) is 17.4. The minimum absolute atomic E-state index is 0.0239. The molecule has 60 valence electrons. The SMILES string of the molecule is C#COC(=O)OC1CCCC1. The van der Waals surface area contributed by atoms with Crippen molar-refractivity contribution in [2.24, 2.45) is 0 Å². The fourth-order valence-corrected chi connectivity index (χ4v) is 1.21. The Balaban J connectivity index is 2.19. The van der Waals surface area contributed by atoms with E-state index in [0.29, 0.717) is 0 Å². The molecule has 1 aliphatic rings. The van der Waals surface area contributed by atoms with Crippen molar-refractivity contribution in [3.63, 3.8) is 0 Å². The summed E-state index contributed by atoms with van der Waals surface area (Å²) in [6.45, 7) is 0. The third-order valence-electron chi connectivity index (χ3n) is 1.71. The summed E-state index contributed by atoms with van der Waals surface area (Å²) in [7, 11) is 0. The maximum absolute atomic E-state index is 10.6. The molecule has 3 heteroatoms. The van der Waals surface area contributed by atoms with Crippen molar-refractivity contribution in [2.75, 3.05) is 0 Å². The zero-order valence-corrected chi connectivity index (χ0v) is 6.21. The molecule has 0 aromatic heterocycles. The van der Waals surface area contributed by atoms with Crippen LogP contribution in [0.4, 0.5) is 4.79 Å². The number of rotatable bonds is 1. The van der Waals surface area contributed by atoms with Gasteiger partial charge in [0.1, 0.15) is 12.2 Å². The molecule has 0 radical (unpaired) electrons. The van der Waals surface area contributed by atoms with Gasteiger partial charge in [0.25, 0.3) is 0 Å². The largest absolute Gasteiger partial charge is 0.522 e. The summed E-state index contributed by atoms with van der Waals surface area (Å²) < 4.78 is 9.02. The standard InChI is InChI=1S/C8H10O3/c1-2-10-8(9)11-7-5-3-4-6-7/h1,7H,3-6H2. The van der Waals surface area contributed by atoms with Crippen LogP contribution in [-0.4, -0.2) is 12.3 Å². The van der Waals surface area contributed by atoms with Crippen LogP contribution < -0.4 is 0 Å². The summed E-state index contributed by atoms with van der Waals surface area (Å²) in [6, 6.07) is 0. The van der Waals surface area contributed by atoms with Gasteiger partial charge in [-0.2, -0.15) is 0 Å². The highest BCUT2D eigenvalue weighted by Gasteiger charge is 2.19. The van der Waals surface area contributed by atoms with Crippen LogP contribution in [0.2, 0.25) is 0 Å². The minimum Gasteiger partial charge on any atom is -0.430 e.